The highest BCUT2D eigenvalue weighted by atomic mass is 16.2. The van der Waals surface area contributed by atoms with Gasteiger partial charge in [-0.05, 0) is 37.3 Å². The van der Waals surface area contributed by atoms with Gasteiger partial charge in [-0.2, -0.15) is 0 Å². The fraction of sp³-hybridized carbons (Fsp3) is 0.111. The molecule has 0 saturated carbocycles. The molecule has 8 nitrogen and oxygen atoms in total. The van der Waals surface area contributed by atoms with Crippen LogP contribution in [0.15, 0.2) is 48.5 Å². The number of primary amides is 2. The molecule has 3 rings (SSSR count). The number of aryl methyl sites for hydroxylation is 1. The van der Waals surface area contributed by atoms with Crippen LogP contribution in [0.3, 0.4) is 0 Å². The van der Waals surface area contributed by atoms with Crippen LogP contribution in [0.2, 0.25) is 0 Å². The topological polar surface area (TPSA) is 133 Å². The zero-order chi connectivity index (χ0) is 18.8. The first-order valence-corrected chi connectivity index (χ1v) is 7.82. The molecule has 26 heavy (non-hydrogen) atoms. The molecule has 3 aromatic rings. The number of imidazole rings is 1. The molecule has 0 bridgehead atoms. The number of carbonyl (C=O) groups excluding carboxylic acids is 3. The third kappa shape index (κ3) is 3.12. The lowest BCUT2D eigenvalue weighted by atomic mass is 10.1. The average Bonchev–Trinajstić information content (AvgIpc) is 2.94. The van der Waals surface area contributed by atoms with Crippen LogP contribution >= 0.6 is 0 Å². The van der Waals surface area contributed by atoms with E-state index in [4.69, 9.17) is 11.5 Å². The Bertz CT molecular complexity index is 996. The van der Waals surface area contributed by atoms with Gasteiger partial charge in [-0.25, -0.2) is 4.98 Å². The van der Waals surface area contributed by atoms with Crippen molar-refractivity contribution in [2.24, 2.45) is 11.5 Å². The van der Waals surface area contributed by atoms with Crippen molar-refractivity contribution in [2.75, 3.05) is 0 Å². The van der Waals surface area contributed by atoms with Crippen molar-refractivity contribution in [2.45, 2.75) is 13.0 Å². The number of rotatable bonds is 5. The highest BCUT2D eigenvalue weighted by Crippen LogP contribution is 2.22. The second-order valence-electron chi connectivity index (χ2n) is 5.74. The van der Waals surface area contributed by atoms with E-state index in [1.807, 2.05) is 41.8 Å². The summed E-state index contributed by atoms with van der Waals surface area (Å²) < 4.78 is 1.96. The van der Waals surface area contributed by atoms with E-state index >= 15 is 0 Å². The predicted molar refractivity (Wildman–Crippen MR) is 95.4 cm³/mol. The van der Waals surface area contributed by atoms with Crippen LogP contribution in [0.4, 0.5) is 0 Å². The van der Waals surface area contributed by atoms with Crippen molar-refractivity contribution in [3.8, 4) is 5.69 Å². The molecule has 0 aliphatic heterocycles. The van der Waals surface area contributed by atoms with E-state index in [-0.39, 0.29) is 5.56 Å². The summed E-state index contributed by atoms with van der Waals surface area (Å²) in [5, 5.41) is 2.23. The number of para-hydroxylation sites is 1. The molecule has 0 radical (unpaired) electrons. The Morgan fingerprint density at radius 2 is 1.69 bits per heavy atom. The molecule has 3 amide bonds. The summed E-state index contributed by atoms with van der Waals surface area (Å²) in [6, 6.07) is 13.0. The minimum atomic E-state index is -1.57. The third-order valence-corrected chi connectivity index (χ3v) is 3.94. The molecule has 0 atom stereocenters. The van der Waals surface area contributed by atoms with Crippen molar-refractivity contribution < 1.29 is 14.4 Å². The summed E-state index contributed by atoms with van der Waals surface area (Å²) in [4.78, 5) is 39.2. The van der Waals surface area contributed by atoms with E-state index in [0.717, 1.165) is 17.0 Å². The minimum Gasteiger partial charge on any atom is -0.367 e. The minimum absolute atomic E-state index is 0.239. The molecule has 132 valence electrons. The van der Waals surface area contributed by atoms with Crippen molar-refractivity contribution in [1.29, 1.82) is 0 Å². The number of amides is 3. The summed E-state index contributed by atoms with van der Waals surface area (Å²) in [6.07, 6.45) is 0. The molecular weight excluding hydrogens is 334 g/mol. The monoisotopic (exact) mass is 351 g/mol. The second-order valence-corrected chi connectivity index (χ2v) is 5.74. The van der Waals surface area contributed by atoms with Crippen molar-refractivity contribution in [1.82, 2.24) is 14.9 Å². The van der Waals surface area contributed by atoms with Crippen molar-refractivity contribution in [3.63, 3.8) is 0 Å². The van der Waals surface area contributed by atoms with Crippen LogP contribution in [0, 0.1) is 6.92 Å². The summed E-state index contributed by atoms with van der Waals surface area (Å²) in [6.45, 7) is 1.86. The number of benzene rings is 2. The normalized spacial score (nSPS) is 10.8. The Kier molecular flexibility index (Phi) is 4.40. The zero-order valence-corrected chi connectivity index (χ0v) is 14.0. The lowest BCUT2D eigenvalue weighted by Crippen LogP contribution is -2.52. The van der Waals surface area contributed by atoms with Gasteiger partial charge in [0.05, 0.1) is 11.0 Å². The molecule has 0 fully saturated rings. The first kappa shape index (κ1) is 17.2. The second kappa shape index (κ2) is 6.67. The van der Waals surface area contributed by atoms with E-state index in [2.05, 4.69) is 10.3 Å². The van der Waals surface area contributed by atoms with E-state index in [9.17, 15) is 14.4 Å². The van der Waals surface area contributed by atoms with E-state index in [1.54, 1.807) is 18.2 Å². The Hall–Kier alpha value is -3.68. The van der Waals surface area contributed by atoms with Gasteiger partial charge in [-0.15, -0.1) is 0 Å². The summed E-state index contributed by atoms with van der Waals surface area (Å²) in [5.74, 6) is -1.91. The fourth-order valence-corrected chi connectivity index (χ4v) is 2.74. The number of aromatic nitrogens is 2. The number of hydrogen-bond donors (Lipinski definition) is 3. The van der Waals surface area contributed by atoms with Gasteiger partial charge in [-0.1, -0.05) is 18.2 Å². The van der Waals surface area contributed by atoms with Gasteiger partial charge in [0.25, 0.3) is 5.91 Å². The first-order chi connectivity index (χ1) is 12.4. The number of nitrogens with one attached hydrogen (secondary N) is 1. The Morgan fingerprint density at radius 1 is 1.04 bits per heavy atom. The fourth-order valence-electron chi connectivity index (χ4n) is 2.74. The number of nitrogens with two attached hydrogens (primary N) is 2. The summed E-state index contributed by atoms with van der Waals surface area (Å²) >= 11 is 0. The van der Waals surface area contributed by atoms with Gasteiger partial charge >= 0.3 is 0 Å². The molecule has 0 aliphatic carbocycles. The van der Waals surface area contributed by atoms with Gasteiger partial charge in [0.2, 0.25) is 11.8 Å². The molecule has 1 heterocycles. The van der Waals surface area contributed by atoms with Gasteiger partial charge in [0, 0.05) is 11.3 Å². The van der Waals surface area contributed by atoms with Gasteiger partial charge in [-0.3, -0.25) is 19.0 Å². The molecule has 0 spiro atoms. The van der Waals surface area contributed by atoms with E-state index in [0.29, 0.717) is 5.52 Å². The lowest BCUT2D eigenvalue weighted by molar-refractivity contribution is -0.128. The van der Waals surface area contributed by atoms with Crippen molar-refractivity contribution in [3.05, 3.63) is 59.9 Å². The van der Waals surface area contributed by atoms with Gasteiger partial charge in [0.1, 0.15) is 5.82 Å². The number of hydrogen-bond acceptors (Lipinski definition) is 4. The first-order valence-electron chi connectivity index (χ1n) is 7.82. The standard InChI is InChI=1S/C18H17N5O3/c1-10-21-13-9-11(18(26)22-15(16(19)24)17(20)25)7-8-14(13)23(10)12-5-3-2-4-6-12/h2-9,15H,1H3,(H2,19,24)(H2,20,25)(H,22,26). The summed E-state index contributed by atoms with van der Waals surface area (Å²) in [7, 11) is 0. The lowest BCUT2D eigenvalue weighted by Gasteiger charge is -2.12. The third-order valence-electron chi connectivity index (χ3n) is 3.94. The molecule has 0 unspecified atom stereocenters. The molecule has 5 N–H and O–H groups in total. The molecule has 2 aromatic carbocycles. The maximum atomic E-state index is 12.3. The quantitative estimate of drug-likeness (QED) is 0.574. The molecule has 0 saturated heterocycles. The van der Waals surface area contributed by atoms with Crippen LogP contribution in [-0.4, -0.2) is 33.3 Å². The average molecular weight is 351 g/mol. The maximum Gasteiger partial charge on any atom is 0.252 e. The van der Waals surface area contributed by atoms with E-state index in [1.165, 1.54) is 0 Å². The highest BCUT2D eigenvalue weighted by molar-refractivity contribution is 6.08. The highest BCUT2D eigenvalue weighted by Gasteiger charge is 2.24. The van der Waals surface area contributed by atoms with Crippen LogP contribution in [-0.2, 0) is 9.59 Å². The number of carbonyl (C=O) groups is 3. The number of fused-ring (bicyclic) bond motifs is 1. The molecule has 1 aromatic heterocycles. The molecule has 8 heteroatoms. The van der Waals surface area contributed by atoms with Gasteiger partial charge < -0.3 is 16.8 Å². The van der Waals surface area contributed by atoms with Crippen LogP contribution in [0.25, 0.3) is 16.7 Å². The Balaban J connectivity index is 1.97. The van der Waals surface area contributed by atoms with E-state index < -0.39 is 23.8 Å². The van der Waals surface area contributed by atoms with Crippen LogP contribution in [0.5, 0.6) is 0 Å². The summed E-state index contributed by atoms with van der Waals surface area (Å²) in [5.41, 5.74) is 12.8. The Morgan fingerprint density at radius 3 is 2.31 bits per heavy atom. The Labute approximate surface area is 148 Å². The SMILES string of the molecule is Cc1nc2cc(C(=O)NC(C(N)=O)C(N)=O)ccc2n1-c1ccccc1. The smallest absolute Gasteiger partial charge is 0.252 e. The van der Waals surface area contributed by atoms with Crippen LogP contribution < -0.4 is 16.8 Å². The molecular formula is C18H17N5O3. The van der Waals surface area contributed by atoms with Crippen LogP contribution in [0.1, 0.15) is 16.2 Å². The zero-order valence-electron chi connectivity index (χ0n) is 14.0. The maximum absolute atomic E-state index is 12.3. The predicted octanol–water partition coefficient (Wildman–Crippen LogP) is 0.403. The molecule has 0 aliphatic rings. The largest absolute Gasteiger partial charge is 0.367 e. The number of nitrogens with zero attached hydrogens (tertiary/aromatic N) is 2. The van der Waals surface area contributed by atoms with Gasteiger partial charge in [0.15, 0.2) is 6.04 Å². The van der Waals surface area contributed by atoms with Crippen molar-refractivity contribution >= 4 is 28.8 Å².